The largest absolute Gasteiger partial charge is 0.376 e. The summed E-state index contributed by atoms with van der Waals surface area (Å²) >= 11 is 0. The lowest BCUT2D eigenvalue weighted by Gasteiger charge is -2.38. The number of nitrogens with one attached hydrogen (secondary N) is 1. The summed E-state index contributed by atoms with van der Waals surface area (Å²) in [5.41, 5.74) is 2.72. The van der Waals surface area contributed by atoms with Crippen molar-refractivity contribution in [1.82, 2.24) is 35.0 Å². The van der Waals surface area contributed by atoms with E-state index in [4.69, 9.17) is 4.74 Å². The van der Waals surface area contributed by atoms with Crippen molar-refractivity contribution in [3.8, 4) is 0 Å². The maximum absolute atomic E-state index is 13.3. The molecular weight excluding hydrogens is 418 g/mol. The lowest BCUT2D eigenvalue weighted by atomic mass is 10.0. The SMILES string of the molecule is CCc1ccc2[nH]c(=O)c([C@H](c3nnnn3C[C@H]3CCCO3)N3CCN(CC)CC3)cc2c1. The number of benzene rings is 1. The lowest BCUT2D eigenvalue weighted by Crippen LogP contribution is -2.49. The first-order valence-electron chi connectivity index (χ1n) is 12.2. The van der Waals surface area contributed by atoms with Crippen molar-refractivity contribution >= 4 is 10.9 Å². The summed E-state index contributed by atoms with van der Waals surface area (Å²) < 4.78 is 7.69. The molecule has 2 aliphatic rings. The van der Waals surface area contributed by atoms with Gasteiger partial charge >= 0.3 is 0 Å². The van der Waals surface area contributed by atoms with Crippen LogP contribution in [0.5, 0.6) is 0 Å². The van der Waals surface area contributed by atoms with E-state index in [9.17, 15) is 4.79 Å². The quantitative estimate of drug-likeness (QED) is 0.587. The molecule has 5 rings (SSSR count). The van der Waals surface area contributed by atoms with Crippen molar-refractivity contribution in [2.24, 2.45) is 0 Å². The first-order valence-corrected chi connectivity index (χ1v) is 12.2. The summed E-state index contributed by atoms with van der Waals surface area (Å²) in [6.07, 6.45) is 3.14. The molecule has 176 valence electrons. The van der Waals surface area contributed by atoms with Gasteiger partial charge in [-0.05, 0) is 65.4 Å². The first-order chi connectivity index (χ1) is 16.2. The standard InChI is InChI=1S/C24H33N7O2/c1-3-17-7-8-21-18(14-17)15-20(24(32)25-21)22(30-11-9-29(4-2)10-12-30)23-26-27-28-31(23)16-19-6-5-13-33-19/h7-8,14-15,19,22H,3-6,9-13,16H2,1-2H3,(H,25,32)/t19-,22-/m1/s1. The van der Waals surface area contributed by atoms with Crippen LogP contribution in [0.15, 0.2) is 29.1 Å². The van der Waals surface area contributed by atoms with E-state index >= 15 is 0 Å². The molecule has 0 radical (unpaired) electrons. The van der Waals surface area contributed by atoms with E-state index in [2.05, 4.69) is 56.3 Å². The summed E-state index contributed by atoms with van der Waals surface area (Å²) in [5.74, 6) is 0.715. The van der Waals surface area contributed by atoms with Crippen molar-refractivity contribution in [2.45, 2.75) is 51.8 Å². The minimum Gasteiger partial charge on any atom is -0.376 e. The van der Waals surface area contributed by atoms with Gasteiger partial charge in [0, 0.05) is 43.9 Å². The third-order valence-corrected chi connectivity index (χ3v) is 7.06. The van der Waals surface area contributed by atoms with Gasteiger partial charge in [-0.3, -0.25) is 9.69 Å². The van der Waals surface area contributed by atoms with Crippen LogP contribution in [0.4, 0.5) is 0 Å². The maximum atomic E-state index is 13.3. The number of aryl methyl sites for hydroxylation is 1. The minimum absolute atomic E-state index is 0.0821. The molecule has 1 aromatic carbocycles. The second-order valence-electron chi connectivity index (χ2n) is 9.06. The molecule has 2 saturated heterocycles. The Morgan fingerprint density at radius 1 is 1.18 bits per heavy atom. The summed E-state index contributed by atoms with van der Waals surface area (Å²) in [5, 5.41) is 13.8. The highest BCUT2D eigenvalue weighted by molar-refractivity contribution is 5.80. The Balaban J connectivity index is 1.57. The fourth-order valence-corrected chi connectivity index (χ4v) is 5.05. The van der Waals surface area contributed by atoms with E-state index in [0.29, 0.717) is 17.9 Å². The molecule has 4 heterocycles. The highest BCUT2D eigenvalue weighted by Gasteiger charge is 2.33. The van der Waals surface area contributed by atoms with Crippen molar-refractivity contribution in [3.63, 3.8) is 0 Å². The van der Waals surface area contributed by atoms with Gasteiger partial charge in [0.05, 0.1) is 12.6 Å². The Morgan fingerprint density at radius 2 is 2.03 bits per heavy atom. The van der Waals surface area contributed by atoms with Crippen molar-refractivity contribution < 1.29 is 4.74 Å². The molecule has 2 atom stereocenters. The van der Waals surface area contributed by atoms with E-state index in [-0.39, 0.29) is 17.7 Å². The number of hydrogen-bond acceptors (Lipinski definition) is 7. The number of likely N-dealkylation sites (N-methyl/N-ethyl adjacent to an activating group) is 1. The number of H-pyrrole nitrogens is 1. The molecule has 0 aliphatic carbocycles. The fourth-order valence-electron chi connectivity index (χ4n) is 5.05. The van der Waals surface area contributed by atoms with Crippen LogP contribution < -0.4 is 5.56 Å². The summed E-state index contributed by atoms with van der Waals surface area (Å²) in [7, 11) is 0. The Labute approximate surface area is 193 Å². The molecule has 0 saturated carbocycles. The molecule has 3 aromatic rings. The molecule has 1 N–H and O–H groups in total. The third-order valence-electron chi connectivity index (χ3n) is 7.06. The highest BCUT2D eigenvalue weighted by Crippen LogP contribution is 2.28. The van der Waals surface area contributed by atoms with Crippen LogP contribution in [0.3, 0.4) is 0 Å². The third kappa shape index (κ3) is 4.58. The molecule has 2 aliphatic heterocycles. The van der Waals surface area contributed by atoms with E-state index in [1.54, 1.807) is 0 Å². The number of hydrogen-bond donors (Lipinski definition) is 1. The van der Waals surface area contributed by atoms with Crippen LogP contribution in [0.2, 0.25) is 0 Å². The normalized spacial score (nSPS) is 21.1. The van der Waals surface area contributed by atoms with Gasteiger partial charge in [-0.15, -0.1) is 5.10 Å². The zero-order valence-corrected chi connectivity index (χ0v) is 19.5. The van der Waals surface area contributed by atoms with Crippen LogP contribution in [-0.2, 0) is 17.7 Å². The smallest absolute Gasteiger partial charge is 0.253 e. The number of aromatic nitrogens is 5. The molecule has 0 amide bonds. The van der Waals surface area contributed by atoms with Gasteiger partial charge in [0.2, 0.25) is 0 Å². The molecule has 0 bridgehead atoms. The first kappa shape index (κ1) is 22.2. The number of ether oxygens (including phenoxy) is 1. The van der Waals surface area contributed by atoms with Gasteiger partial charge in [0.25, 0.3) is 5.56 Å². The number of fused-ring (bicyclic) bond motifs is 1. The van der Waals surface area contributed by atoms with Crippen LogP contribution >= 0.6 is 0 Å². The Bertz CT molecular complexity index is 1140. The van der Waals surface area contributed by atoms with Crippen molar-refractivity contribution in [2.75, 3.05) is 39.3 Å². The molecule has 9 nitrogen and oxygen atoms in total. The van der Waals surface area contributed by atoms with Gasteiger partial charge in [-0.25, -0.2) is 4.68 Å². The maximum Gasteiger partial charge on any atom is 0.253 e. The van der Waals surface area contributed by atoms with Crippen molar-refractivity contribution in [1.29, 1.82) is 0 Å². The van der Waals surface area contributed by atoms with Gasteiger partial charge in [-0.2, -0.15) is 0 Å². The number of tetrazole rings is 1. The van der Waals surface area contributed by atoms with Crippen LogP contribution in [-0.4, -0.2) is 80.4 Å². The molecule has 9 heteroatoms. The average Bonchev–Trinajstić information content (AvgIpc) is 3.53. The molecule has 2 fully saturated rings. The minimum atomic E-state index is -0.307. The number of nitrogens with zero attached hydrogens (tertiary/aromatic N) is 6. The van der Waals surface area contributed by atoms with Gasteiger partial charge in [0.15, 0.2) is 5.82 Å². The Morgan fingerprint density at radius 3 is 2.76 bits per heavy atom. The second-order valence-corrected chi connectivity index (χ2v) is 9.06. The zero-order valence-electron chi connectivity index (χ0n) is 19.5. The van der Waals surface area contributed by atoms with Crippen LogP contribution in [0.25, 0.3) is 10.9 Å². The van der Waals surface area contributed by atoms with Crippen molar-refractivity contribution in [3.05, 3.63) is 51.6 Å². The topological polar surface area (TPSA) is 92.2 Å². The number of piperazine rings is 1. The fraction of sp³-hybridized carbons (Fsp3) is 0.583. The van der Waals surface area contributed by atoms with Gasteiger partial charge in [-0.1, -0.05) is 19.9 Å². The second kappa shape index (κ2) is 9.70. The predicted octanol–water partition coefficient (Wildman–Crippen LogP) is 1.98. The summed E-state index contributed by atoms with van der Waals surface area (Å²) in [6, 6.07) is 7.96. The molecule has 0 spiro atoms. The average molecular weight is 452 g/mol. The molecule has 0 unspecified atom stereocenters. The zero-order chi connectivity index (χ0) is 22.8. The predicted molar refractivity (Wildman–Crippen MR) is 126 cm³/mol. The summed E-state index contributed by atoms with van der Waals surface area (Å²) in [6.45, 7) is 10.4. The number of aromatic amines is 1. The molecule has 33 heavy (non-hydrogen) atoms. The molecular formula is C24H33N7O2. The highest BCUT2D eigenvalue weighted by atomic mass is 16.5. The van der Waals surface area contributed by atoms with E-state index in [1.165, 1.54) is 5.56 Å². The lowest BCUT2D eigenvalue weighted by molar-refractivity contribution is 0.0860. The number of pyridine rings is 1. The number of rotatable bonds is 7. The van der Waals surface area contributed by atoms with Crippen LogP contribution in [0.1, 0.15) is 49.7 Å². The summed E-state index contributed by atoms with van der Waals surface area (Å²) in [4.78, 5) is 21.2. The van der Waals surface area contributed by atoms with E-state index < -0.39 is 0 Å². The molecule has 2 aromatic heterocycles. The van der Waals surface area contributed by atoms with Crippen LogP contribution in [0, 0.1) is 0 Å². The Hall–Kier alpha value is -2.62. The van der Waals surface area contributed by atoms with Gasteiger partial charge < -0.3 is 14.6 Å². The Kier molecular flexibility index (Phi) is 6.52. The van der Waals surface area contributed by atoms with Gasteiger partial charge in [0.1, 0.15) is 6.04 Å². The monoisotopic (exact) mass is 451 g/mol. The van der Waals surface area contributed by atoms with E-state index in [1.807, 2.05) is 16.8 Å². The van der Waals surface area contributed by atoms with E-state index in [0.717, 1.165) is 69.5 Å².